The van der Waals surface area contributed by atoms with Crippen LogP contribution in [-0.4, -0.2) is 28.8 Å². The summed E-state index contributed by atoms with van der Waals surface area (Å²) in [6.07, 6.45) is 2.43. The van der Waals surface area contributed by atoms with Crippen LogP contribution in [0, 0.1) is 6.92 Å². The summed E-state index contributed by atoms with van der Waals surface area (Å²) in [7, 11) is 0. The predicted molar refractivity (Wildman–Crippen MR) is 123 cm³/mol. The highest BCUT2D eigenvalue weighted by molar-refractivity contribution is 6.30. The third-order valence-electron chi connectivity index (χ3n) is 5.40. The van der Waals surface area contributed by atoms with E-state index in [2.05, 4.69) is 29.6 Å². The van der Waals surface area contributed by atoms with Crippen LogP contribution in [0.3, 0.4) is 0 Å². The molecule has 0 aromatic heterocycles. The Morgan fingerprint density at radius 1 is 0.967 bits per heavy atom. The van der Waals surface area contributed by atoms with Gasteiger partial charge >= 0.3 is 0 Å². The summed E-state index contributed by atoms with van der Waals surface area (Å²) in [5.41, 5.74) is 3.28. The normalized spacial score (nSPS) is 12.8. The van der Waals surface area contributed by atoms with Crippen LogP contribution in [0.2, 0.25) is 5.02 Å². The van der Waals surface area contributed by atoms with Gasteiger partial charge in [0, 0.05) is 24.0 Å². The van der Waals surface area contributed by atoms with Gasteiger partial charge in [0.05, 0.1) is 0 Å². The standard InChI is InChI=1S/C25H33ClN2O2/c1-5-19(4)27-25(30)23(6-2)28(17-21-11-14-22(26)15-12-21)24(29)16-13-20-9-7-18(3)8-10-20/h7-12,14-15,19,23H,5-6,13,16-17H2,1-4H3,(H,27,30)/t19-,23-/m0/s1. The van der Waals surface area contributed by atoms with Gasteiger partial charge in [-0.15, -0.1) is 0 Å². The van der Waals surface area contributed by atoms with Gasteiger partial charge in [0.1, 0.15) is 6.04 Å². The summed E-state index contributed by atoms with van der Waals surface area (Å²) in [5, 5.41) is 3.69. The molecule has 2 aromatic rings. The Hall–Kier alpha value is -2.33. The Labute approximate surface area is 185 Å². The smallest absolute Gasteiger partial charge is 0.243 e. The zero-order valence-electron chi connectivity index (χ0n) is 18.5. The van der Waals surface area contributed by atoms with Crippen molar-refractivity contribution in [1.82, 2.24) is 10.2 Å². The molecule has 4 nitrogen and oxygen atoms in total. The lowest BCUT2D eigenvalue weighted by Gasteiger charge is -2.31. The van der Waals surface area contributed by atoms with Crippen molar-refractivity contribution in [3.05, 3.63) is 70.2 Å². The first-order valence-corrected chi connectivity index (χ1v) is 11.1. The highest BCUT2D eigenvalue weighted by Crippen LogP contribution is 2.17. The van der Waals surface area contributed by atoms with Crippen molar-refractivity contribution in [2.45, 2.75) is 72.0 Å². The number of rotatable bonds is 10. The predicted octanol–water partition coefficient (Wildman–Crippen LogP) is 5.30. The van der Waals surface area contributed by atoms with E-state index in [1.165, 1.54) is 5.56 Å². The lowest BCUT2D eigenvalue weighted by molar-refractivity contribution is -0.141. The molecule has 2 aromatic carbocycles. The molecule has 2 atom stereocenters. The van der Waals surface area contributed by atoms with Crippen LogP contribution >= 0.6 is 11.6 Å². The van der Waals surface area contributed by atoms with E-state index in [9.17, 15) is 9.59 Å². The lowest BCUT2D eigenvalue weighted by atomic mass is 10.0. The van der Waals surface area contributed by atoms with E-state index in [-0.39, 0.29) is 17.9 Å². The van der Waals surface area contributed by atoms with Crippen molar-refractivity contribution in [3.8, 4) is 0 Å². The molecule has 162 valence electrons. The quantitative estimate of drug-likeness (QED) is 0.558. The average Bonchev–Trinajstić information content (AvgIpc) is 2.74. The molecule has 1 N–H and O–H groups in total. The van der Waals surface area contributed by atoms with Crippen molar-refractivity contribution in [1.29, 1.82) is 0 Å². The fourth-order valence-electron chi connectivity index (χ4n) is 3.30. The molecule has 0 saturated carbocycles. The molecular weight excluding hydrogens is 396 g/mol. The molecule has 0 spiro atoms. The Morgan fingerprint density at radius 2 is 1.57 bits per heavy atom. The second-order valence-corrected chi connectivity index (χ2v) is 8.31. The molecule has 2 amide bonds. The van der Waals surface area contributed by atoms with Crippen LogP contribution in [0.1, 0.15) is 56.7 Å². The molecule has 0 radical (unpaired) electrons. The number of halogens is 1. The van der Waals surface area contributed by atoms with Crippen LogP contribution in [0.25, 0.3) is 0 Å². The Kier molecular flexibility index (Phi) is 9.38. The van der Waals surface area contributed by atoms with Crippen LogP contribution in [-0.2, 0) is 22.6 Å². The van der Waals surface area contributed by atoms with E-state index in [1.54, 1.807) is 4.90 Å². The average molecular weight is 429 g/mol. The first-order chi connectivity index (χ1) is 14.3. The zero-order valence-corrected chi connectivity index (χ0v) is 19.2. The minimum atomic E-state index is -0.500. The Balaban J connectivity index is 2.19. The molecule has 30 heavy (non-hydrogen) atoms. The SMILES string of the molecule is CC[C@H](C)NC(=O)[C@H](CC)N(Cc1ccc(Cl)cc1)C(=O)CCc1ccc(C)cc1. The summed E-state index contributed by atoms with van der Waals surface area (Å²) < 4.78 is 0. The van der Waals surface area contributed by atoms with Gasteiger partial charge in [0.25, 0.3) is 0 Å². The maximum Gasteiger partial charge on any atom is 0.243 e. The van der Waals surface area contributed by atoms with Crippen molar-refractivity contribution >= 4 is 23.4 Å². The maximum absolute atomic E-state index is 13.2. The van der Waals surface area contributed by atoms with Crippen LogP contribution in [0.15, 0.2) is 48.5 Å². The zero-order chi connectivity index (χ0) is 22.1. The van der Waals surface area contributed by atoms with Crippen molar-refractivity contribution in [2.75, 3.05) is 0 Å². The molecule has 0 aliphatic carbocycles. The van der Waals surface area contributed by atoms with Crippen molar-refractivity contribution in [2.24, 2.45) is 0 Å². The highest BCUT2D eigenvalue weighted by Gasteiger charge is 2.28. The lowest BCUT2D eigenvalue weighted by Crippen LogP contribution is -2.50. The molecule has 5 heteroatoms. The fourth-order valence-corrected chi connectivity index (χ4v) is 3.42. The number of carbonyl (C=O) groups excluding carboxylic acids is 2. The monoisotopic (exact) mass is 428 g/mol. The molecule has 0 aliphatic rings. The largest absolute Gasteiger partial charge is 0.352 e. The maximum atomic E-state index is 13.2. The number of carbonyl (C=O) groups is 2. The molecule has 0 saturated heterocycles. The van der Waals surface area contributed by atoms with Crippen LogP contribution in [0.4, 0.5) is 0 Å². The van der Waals surface area contributed by atoms with Gasteiger partial charge in [-0.2, -0.15) is 0 Å². The molecule has 0 fully saturated rings. The van der Waals surface area contributed by atoms with Gasteiger partial charge < -0.3 is 10.2 Å². The van der Waals surface area contributed by atoms with Gasteiger partial charge in [-0.3, -0.25) is 9.59 Å². The number of aryl methyl sites for hydroxylation is 2. The van der Waals surface area contributed by atoms with Gasteiger partial charge in [-0.05, 0) is 56.4 Å². The van der Waals surface area contributed by atoms with E-state index in [1.807, 2.05) is 52.0 Å². The second kappa shape index (κ2) is 11.8. The molecule has 0 aliphatic heterocycles. The van der Waals surface area contributed by atoms with E-state index in [4.69, 9.17) is 11.6 Å². The summed E-state index contributed by atoms with van der Waals surface area (Å²) >= 11 is 6.01. The van der Waals surface area contributed by atoms with E-state index < -0.39 is 6.04 Å². The molecule has 0 unspecified atom stereocenters. The number of amides is 2. The van der Waals surface area contributed by atoms with Gasteiger partial charge in [0.2, 0.25) is 11.8 Å². The summed E-state index contributed by atoms with van der Waals surface area (Å²) in [5.74, 6) is -0.110. The third-order valence-corrected chi connectivity index (χ3v) is 5.65. The van der Waals surface area contributed by atoms with Gasteiger partial charge in [-0.1, -0.05) is 67.4 Å². The second-order valence-electron chi connectivity index (χ2n) is 7.88. The van der Waals surface area contributed by atoms with E-state index in [0.29, 0.717) is 30.8 Å². The van der Waals surface area contributed by atoms with E-state index in [0.717, 1.165) is 17.5 Å². The first-order valence-electron chi connectivity index (χ1n) is 10.7. The molecule has 2 rings (SSSR count). The Morgan fingerprint density at radius 3 is 2.13 bits per heavy atom. The van der Waals surface area contributed by atoms with Crippen LogP contribution in [0.5, 0.6) is 0 Å². The number of benzene rings is 2. The minimum Gasteiger partial charge on any atom is -0.352 e. The molecule has 0 heterocycles. The minimum absolute atomic E-state index is 0.0170. The Bertz CT molecular complexity index is 818. The van der Waals surface area contributed by atoms with Crippen LogP contribution < -0.4 is 5.32 Å². The summed E-state index contributed by atoms with van der Waals surface area (Å²) in [4.78, 5) is 27.9. The number of hydrogen-bond donors (Lipinski definition) is 1. The molecule has 0 bridgehead atoms. The summed E-state index contributed by atoms with van der Waals surface area (Å²) in [6.45, 7) is 8.39. The molecular formula is C25H33ClN2O2. The third kappa shape index (κ3) is 7.17. The van der Waals surface area contributed by atoms with E-state index >= 15 is 0 Å². The van der Waals surface area contributed by atoms with Gasteiger partial charge in [0.15, 0.2) is 0 Å². The fraction of sp³-hybridized carbons (Fsp3) is 0.440. The number of hydrogen-bond acceptors (Lipinski definition) is 2. The highest BCUT2D eigenvalue weighted by atomic mass is 35.5. The number of nitrogens with zero attached hydrogens (tertiary/aromatic N) is 1. The topological polar surface area (TPSA) is 49.4 Å². The first kappa shape index (κ1) is 23.9. The van der Waals surface area contributed by atoms with Crippen molar-refractivity contribution < 1.29 is 9.59 Å². The number of nitrogens with one attached hydrogen (secondary N) is 1. The summed E-state index contributed by atoms with van der Waals surface area (Å²) in [6, 6.07) is 15.2. The van der Waals surface area contributed by atoms with Gasteiger partial charge in [-0.25, -0.2) is 0 Å². The van der Waals surface area contributed by atoms with Crippen molar-refractivity contribution in [3.63, 3.8) is 0 Å².